The summed E-state index contributed by atoms with van der Waals surface area (Å²) in [6.07, 6.45) is 0. The Balaban J connectivity index is 1.74. The van der Waals surface area contributed by atoms with Crippen LogP contribution in [0.4, 0.5) is 5.69 Å². The Morgan fingerprint density at radius 3 is 2.42 bits per heavy atom. The first kappa shape index (κ1) is 13.7. The molecule has 2 aromatic carbocycles. The van der Waals surface area contributed by atoms with E-state index in [9.17, 15) is 4.79 Å². The Morgan fingerprint density at radius 1 is 1.05 bits per heavy atom. The summed E-state index contributed by atoms with van der Waals surface area (Å²) in [5.74, 6) is 1.38. The maximum atomic E-state index is 11.8. The van der Waals surface area contributed by atoms with Crippen molar-refractivity contribution >= 4 is 23.4 Å². The van der Waals surface area contributed by atoms with E-state index in [0.29, 0.717) is 5.75 Å². The molecular formula is C16H17NOS. The summed E-state index contributed by atoms with van der Waals surface area (Å²) in [6, 6.07) is 18.0. The molecule has 0 aliphatic heterocycles. The minimum atomic E-state index is 0.0461. The van der Waals surface area contributed by atoms with Crippen molar-refractivity contribution in [1.82, 2.24) is 0 Å². The highest BCUT2D eigenvalue weighted by Gasteiger charge is 2.02. The van der Waals surface area contributed by atoms with Crippen LogP contribution in [0, 0.1) is 6.92 Å². The van der Waals surface area contributed by atoms with Gasteiger partial charge < -0.3 is 5.32 Å². The summed E-state index contributed by atoms with van der Waals surface area (Å²) in [5, 5.41) is 2.90. The predicted molar refractivity (Wildman–Crippen MR) is 82.4 cm³/mol. The van der Waals surface area contributed by atoms with Gasteiger partial charge >= 0.3 is 0 Å². The molecule has 19 heavy (non-hydrogen) atoms. The Morgan fingerprint density at radius 2 is 1.74 bits per heavy atom. The SMILES string of the molecule is Cc1ccc(NC(=O)CSCc2ccccc2)cc1. The zero-order chi connectivity index (χ0) is 13.5. The van der Waals surface area contributed by atoms with Crippen molar-refractivity contribution in [2.75, 3.05) is 11.1 Å². The van der Waals surface area contributed by atoms with Crippen LogP contribution in [-0.4, -0.2) is 11.7 Å². The van der Waals surface area contributed by atoms with Crippen molar-refractivity contribution in [2.24, 2.45) is 0 Å². The molecule has 3 heteroatoms. The maximum absolute atomic E-state index is 11.8. The fourth-order valence-corrected chi connectivity index (χ4v) is 2.46. The Bertz CT molecular complexity index is 522. The summed E-state index contributed by atoms with van der Waals surface area (Å²) < 4.78 is 0. The van der Waals surface area contributed by atoms with E-state index in [0.717, 1.165) is 11.4 Å². The lowest BCUT2D eigenvalue weighted by Gasteiger charge is -2.05. The molecule has 0 aliphatic rings. The van der Waals surface area contributed by atoms with Gasteiger partial charge in [0.2, 0.25) is 5.91 Å². The van der Waals surface area contributed by atoms with Crippen molar-refractivity contribution in [3.63, 3.8) is 0 Å². The fraction of sp³-hybridized carbons (Fsp3) is 0.188. The molecule has 2 aromatic rings. The third-order valence-corrected chi connectivity index (χ3v) is 3.68. The zero-order valence-electron chi connectivity index (χ0n) is 10.9. The van der Waals surface area contributed by atoms with Gasteiger partial charge in [-0.2, -0.15) is 0 Å². The van der Waals surface area contributed by atoms with Gasteiger partial charge in [0.15, 0.2) is 0 Å². The number of rotatable bonds is 5. The second kappa shape index (κ2) is 7.00. The van der Waals surface area contributed by atoms with Crippen molar-refractivity contribution in [3.8, 4) is 0 Å². The third kappa shape index (κ3) is 4.79. The van der Waals surface area contributed by atoms with E-state index in [2.05, 4.69) is 17.4 Å². The first-order valence-corrected chi connectivity index (χ1v) is 7.38. The third-order valence-electron chi connectivity index (χ3n) is 2.68. The number of aryl methyl sites for hydroxylation is 1. The topological polar surface area (TPSA) is 29.1 Å². The molecular weight excluding hydrogens is 254 g/mol. The van der Waals surface area contributed by atoms with E-state index in [1.807, 2.05) is 49.4 Å². The van der Waals surface area contributed by atoms with Gasteiger partial charge in [-0.3, -0.25) is 4.79 Å². The van der Waals surface area contributed by atoms with Crippen LogP contribution in [0.3, 0.4) is 0 Å². The quantitative estimate of drug-likeness (QED) is 0.894. The van der Waals surface area contributed by atoms with Crippen molar-refractivity contribution in [1.29, 1.82) is 0 Å². The summed E-state index contributed by atoms with van der Waals surface area (Å²) >= 11 is 1.62. The molecule has 0 aromatic heterocycles. The van der Waals surface area contributed by atoms with Crippen LogP contribution in [0.25, 0.3) is 0 Å². The summed E-state index contributed by atoms with van der Waals surface area (Å²) in [6.45, 7) is 2.03. The molecule has 0 heterocycles. The average Bonchev–Trinajstić information content (AvgIpc) is 2.43. The van der Waals surface area contributed by atoms with E-state index >= 15 is 0 Å². The molecule has 1 amide bonds. The van der Waals surface area contributed by atoms with E-state index < -0.39 is 0 Å². The van der Waals surface area contributed by atoms with Crippen LogP contribution in [0.2, 0.25) is 0 Å². The molecule has 0 fully saturated rings. The minimum Gasteiger partial charge on any atom is -0.325 e. The summed E-state index contributed by atoms with van der Waals surface area (Å²) in [4.78, 5) is 11.8. The highest BCUT2D eigenvalue weighted by atomic mass is 32.2. The molecule has 0 unspecified atom stereocenters. The summed E-state index contributed by atoms with van der Waals surface area (Å²) in [5.41, 5.74) is 3.29. The van der Waals surface area contributed by atoms with Gasteiger partial charge in [0.25, 0.3) is 0 Å². The zero-order valence-corrected chi connectivity index (χ0v) is 11.7. The number of carbonyl (C=O) groups excluding carboxylic acids is 1. The lowest BCUT2D eigenvalue weighted by molar-refractivity contribution is -0.113. The molecule has 0 aliphatic carbocycles. The smallest absolute Gasteiger partial charge is 0.234 e. The van der Waals surface area contributed by atoms with Crippen LogP contribution in [0.5, 0.6) is 0 Å². The number of amides is 1. The molecule has 0 bridgehead atoms. The van der Waals surface area contributed by atoms with E-state index in [1.54, 1.807) is 11.8 Å². The molecule has 0 spiro atoms. The Kier molecular flexibility index (Phi) is 5.04. The minimum absolute atomic E-state index is 0.0461. The molecule has 2 rings (SSSR count). The molecule has 1 N–H and O–H groups in total. The van der Waals surface area contributed by atoms with Crippen molar-refractivity contribution in [2.45, 2.75) is 12.7 Å². The first-order chi connectivity index (χ1) is 9.24. The van der Waals surface area contributed by atoms with Gasteiger partial charge in [-0.05, 0) is 24.6 Å². The van der Waals surface area contributed by atoms with Gasteiger partial charge in [-0.25, -0.2) is 0 Å². The number of carbonyl (C=O) groups is 1. The molecule has 0 radical (unpaired) electrons. The molecule has 0 saturated heterocycles. The fourth-order valence-electron chi connectivity index (χ4n) is 1.67. The number of anilines is 1. The number of hydrogen-bond acceptors (Lipinski definition) is 2. The van der Waals surface area contributed by atoms with Gasteiger partial charge in [-0.15, -0.1) is 11.8 Å². The van der Waals surface area contributed by atoms with Crippen molar-refractivity contribution < 1.29 is 4.79 Å². The lowest BCUT2D eigenvalue weighted by atomic mass is 10.2. The molecule has 0 saturated carbocycles. The predicted octanol–water partition coefficient (Wildman–Crippen LogP) is 3.87. The Hall–Kier alpha value is -1.74. The van der Waals surface area contributed by atoms with Gasteiger partial charge in [0.1, 0.15) is 0 Å². The van der Waals surface area contributed by atoms with Gasteiger partial charge in [0.05, 0.1) is 5.75 Å². The number of benzene rings is 2. The second-order valence-electron chi connectivity index (χ2n) is 4.39. The number of thioether (sulfide) groups is 1. The van der Waals surface area contributed by atoms with Crippen molar-refractivity contribution in [3.05, 3.63) is 65.7 Å². The van der Waals surface area contributed by atoms with Crippen LogP contribution in [0.15, 0.2) is 54.6 Å². The molecule has 0 atom stereocenters. The number of hydrogen-bond donors (Lipinski definition) is 1. The highest BCUT2D eigenvalue weighted by Crippen LogP contribution is 2.13. The molecule has 98 valence electrons. The Labute approximate surface area is 118 Å². The van der Waals surface area contributed by atoms with Gasteiger partial charge in [0, 0.05) is 11.4 Å². The monoisotopic (exact) mass is 271 g/mol. The van der Waals surface area contributed by atoms with Crippen LogP contribution >= 0.6 is 11.8 Å². The number of nitrogens with one attached hydrogen (secondary N) is 1. The molecule has 2 nitrogen and oxygen atoms in total. The van der Waals surface area contributed by atoms with Crippen LogP contribution in [-0.2, 0) is 10.5 Å². The largest absolute Gasteiger partial charge is 0.325 e. The van der Waals surface area contributed by atoms with E-state index in [-0.39, 0.29) is 5.91 Å². The maximum Gasteiger partial charge on any atom is 0.234 e. The van der Waals surface area contributed by atoms with E-state index in [1.165, 1.54) is 11.1 Å². The first-order valence-electron chi connectivity index (χ1n) is 6.22. The summed E-state index contributed by atoms with van der Waals surface area (Å²) in [7, 11) is 0. The lowest BCUT2D eigenvalue weighted by Crippen LogP contribution is -2.14. The average molecular weight is 271 g/mol. The second-order valence-corrected chi connectivity index (χ2v) is 5.38. The normalized spacial score (nSPS) is 10.2. The highest BCUT2D eigenvalue weighted by molar-refractivity contribution is 7.99. The van der Waals surface area contributed by atoms with Gasteiger partial charge in [-0.1, -0.05) is 48.0 Å². The van der Waals surface area contributed by atoms with E-state index in [4.69, 9.17) is 0 Å². The van der Waals surface area contributed by atoms with Crippen LogP contribution in [0.1, 0.15) is 11.1 Å². The standard InChI is InChI=1S/C16H17NOS/c1-13-7-9-15(10-8-13)17-16(18)12-19-11-14-5-3-2-4-6-14/h2-10H,11-12H2,1H3,(H,17,18). The van der Waals surface area contributed by atoms with Crippen LogP contribution < -0.4 is 5.32 Å².